The van der Waals surface area contributed by atoms with Gasteiger partial charge in [-0.25, -0.2) is 4.90 Å². The van der Waals surface area contributed by atoms with E-state index in [2.05, 4.69) is 5.32 Å². The molecule has 1 aliphatic heterocycles. The van der Waals surface area contributed by atoms with E-state index in [0.29, 0.717) is 33.5 Å². The van der Waals surface area contributed by atoms with Crippen LogP contribution in [0.5, 0.6) is 17.2 Å². The molecule has 1 aliphatic rings. The lowest BCUT2D eigenvalue weighted by atomic mass is 10.0. The van der Waals surface area contributed by atoms with Gasteiger partial charge in [-0.1, -0.05) is 41.9 Å². The predicted molar refractivity (Wildman–Crippen MR) is 127 cm³/mol. The number of methoxy groups -OCH3 is 3. The van der Waals surface area contributed by atoms with Gasteiger partial charge in [0.25, 0.3) is 11.8 Å². The highest BCUT2D eigenvalue weighted by atomic mass is 35.5. The summed E-state index contributed by atoms with van der Waals surface area (Å²) in [6.45, 7) is 0. The highest BCUT2D eigenvalue weighted by Gasteiger charge is 2.41. The average Bonchev–Trinajstić information content (AvgIpc) is 3.08. The molecule has 0 bridgehead atoms. The topological polar surface area (TPSA) is 77.1 Å². The monoisotopic (exact) mass is 464 g/mol. The van der Waals surface area contributed by atoms with Crippen LogP contribution in [0, 0.1) is 0 Å². The fraction of sp³-hybridized carbons (Fsp3) is 0.120. The molecule has 168 valence electrons. The van der Waals surface area contributed by atoms with Gasteiger partial charge in [-0.05, 0) is 35.9 Å². The summed E-state index contributed by atoms with van der Waals surface area (Å²) in [4.78, 5) is 28.4. The zero-order valence-corrected chi connectivity index (χ0v) is 19.0. The molecule has 1 N–H and O–H groups in total. The van der Waals surface area contributed by atoms with Crippen LogP contribution in [0.15, 0.2) is 72.4 Å². The SMILES string of the molecule is COc1ccc(OC)c(N2C(=O)C(Nc3cc(Cl)ccc3OC)=C(c3ccccc3)C2=O)c1. The van der Waals surface area contributed by atoms with E-state index in [1.807, 2.05) is 6.07 Å². The summed E-state index contributed by atoms with van der Waals surface area (Å²) >= 11 is 6.17. The maximum atomic E-state index is 13.7. The van der Waals surface area contributed by atoms with Crippen molar-refractivity contribution in [1.82, 2.24) is 0 Å². The Hall–Kier alpha value is -3.97. The van der Waals surface area contributed by atoms with E-state index in [-0.39, 0.29) is 17.0 Å². The number of hydrogen-bond donors (Lipinski definition) is 1. The minimum absolute atomic E-state index is 0.0941. The smallest absolute Gasteiger partial charge is 0.282 e. The number of hydrogen-bond acceptors (Lipinski definition) is 6. The lowest BCUT2D eigenvalue weighted by Crippen LogP contribution is -2.32. The Morgan fingerprint density at radius 3 is 2.15 bits per heavy atom. The summed E-state index contributed by atoms with van der Waals surface area (Å²) in [6, 6.07) is 18.9. The Bertz CT molecular complexity index is 1260. The van der Waals surface area contributed by atoms with Gasteiger partial charge < -0.3 is 19.5 Å². The van der Waals surface area contributed by atoms with Crippen molar-refractivity contribution in [3.05, 3.63) is 83.0 Å². The minimum atomic E-state index is -0.549. The van der Waals surface area contributed by atoms with Crippen molar-refractivity contribution in [3.63, 3.8) is 0 Å². The molecule has 0 atom stereocenters. The van der Waals surface area contributed by atoms with E-state index in [0.717, 1.165) is 4.90 Å². The van der Waals surface area contributed by atoms with Crippen molar-refractivity contribution >= 4 is 40.4 Å². The molecule has 0 spiro atoms. The van der Waals surface area contributed by atoms with Crippen LogP contribution >= 0.6 is 11.6 Å². The normalized spacial score (nSPS) is 13.4. The van der Waals surface area contributed by atoms with Crippen LogP contribution < -0.4 is 24.4 Å². The Labute approximate surface area is 196 Å². The van der Waals surface area contributed by atoms with Gasteiger partial charge in [-0.2, -0.15) is 0 Å². The van der Waals surface area contributed by atoms with E-state index < -0.39 is 11.8 Å². The van der Waals surface area contributed by atoms with Crippen molar-refractivity contribution in [2.45, 2.75) is 0 Å². The predicted octanol–water partition coefficient (Wildman–Crippen LogP) is 4.76. The quantitative estimate of drug-likeness (QED) is 0.508. The first-order valence-corrected chi connectivity index (χ1v) is 10.4. The number of ether oxygens (including phenoxy) is 3. The molecule has 0 aliphatic carbocycles. The summed E-state index contributed by atoms with van der Waals surface area (Å²) in [5.41, 5.74) is 1.62. The van der Waals surface area contributed by atoms with Gasteiger partial charge in [-0.15, -0.1) is 0 Å². The number of imide groups is 1. The molecule has 3 aromatic rings. The number of nitrogens with one attached hydrogen (secondary N) is 1. The lowest BCUT2D eigenvalue weighted by molar-refractivity contribution is -0.120. The second-order valence-corrected chi connectivity index (χ2v) is 7.51. The molecule has 2 amide bonds. The van der Waals surface area contributed by atoms with E-state index in [9.17, 15) is 9.59 Å². The maximum Gasteiger partial charge on any atom is 0.282 e. The molecule has 0 saturated carbocycles. The van der Waals surface area contributed by atoms with Crippen LogP contribution in [0.4, 0.5) is 11.4 Å². The van der Waals surface area contributed by atoms with Gasteiger partial charge in [0.1, 0.15) is 22.9 Å². The molecule has 8 heteroatoms. The first-order chi connectivity index (χ1) is 16.0. The number of anilines is 2. The zero-order valence-electron chi connectivity index (χ0n) is 18.2. The van der Waals surface area contributed by atoms with Crippen molar-refractivity contribution in [2.75, 3.05) is 31.5 Å². The minimum Gasteiger partial charge on any atom is -0.497 e. The fourth-order valence-electron chi connectivity index (χ4n) is 3.62. The number of nitrogens with zero attached hydrogens (tertiary/aromatic N) is 1. The Balaban J connectivity index is 1.88. The van der Waals surface area contributed by atoms with Crippen LogP contribution in [0.3, 0.4) is 0 Å². The van der Waals surface area contributed by atoms with Gasteiger partial charge in [-0.3, -0.25) is 9.59 Å². The first kappa shape index (κ1) is 22.2. The number of halogens is 1. The molecular formula is C25H21ClN2O5. The third kappa shape index (κ3) is 4.10. The van der Waals surface area contributed by atoms with E-state index in [1.165, 1.54) is 21.3 Å². The van der Waals surface area contributed by atoms with E-state index in [1.54, 1.807) is 60.7 Å². The molecule has 0 radical (unpaired) electrons. The Kier molecular flexibility index (Phi) is 6.24. The summed E-state index contributed by atoms with van der Waals surface area (Å²) in [6.07, 6.45) is 0. The van der Waals surface area contributed by atoms with Crippen LogP contribution in [0.2, 0.25) is 5.02 Å². The number of benzene rings is 3. The van der Waals surface area contributed by atoms with Gasteiger partial charge in [0.2, 0.25) is 0 Å². The first-order valence-electron chi connectivity index (χ1n) is 9.99. The van der Waals surface area contributed by atoms with Crippen molar-refractivity contribution in [2.24, 2.45) is 0 Å². The molecule has 33 heavy (non-hydrogen) atoms. The van der Waals surface area contributed by atoms with E-state index in [4.69, 9.17) is 25.8 Å². The van der Waals surface area contributed by atoms with Crippen molar-refractivity contribution in [3.8, 4) is 17.2 Å². The van der Waals surface area contributed by atoms with Crippen molar-refractivity contribution in [1.29, 1.82) is 0 Å². The average molecular weight is 465 g/mol. The molecular weight excluding hydrogens is 444 g/mol. The van der Waals surface area contributed by atoms with Crippen LogP contribution in [0.25, 0.3) is 5.57 Å². The Morgan fingerprint density at radius 1 is 0.788 bits per heavy atom. The van der Waals surface area contributed by atoms with Gasteiger partial charge in [0.15, 0.2) is 0 Å². The molecule has 0 saturated heterocycles. The third-order valence-electron chi connectivity index (χ3n) is 5.19. The second-order valence-electron chi connectivity index (χ2n) is 7.07. The van der Waals surface area contributed by atoms with Crippen molar-refractivity contribution < 1.29 is 23.8 Å². The van der Waals surface area contributed by atoms with E-state index >= 15 is 0 Å². The Morgan fingerprint density at radius 2 is 1.48 bits per heavy atom. The fourth-order valence-corrected chi connectivity index (χ4v) is 3.79. The largest absolute Gasteiger partial charge is 0.497 e. The maximum absolute atomic E-state index is 13.7. The van der Waals surface area contributed by atoms with Gasteiger partial charge >= 0.3 is 0 Å². The molecule has 3 aromatic carbocycles. The molecule has 7 nitrogen and oxygen atoms in total. The van der Waals surface area contributed by atoms with Crippen LogP contribution in [-0.2, 0) is 9.59 Å². The zero-order chi connectivity index (χ0) is 23.5. The van der Waals surface area contributed by atoms with Gasteiger partial charge in [0, 0.05) is 11.1 Å². The summed E-state index contributed by atoms with van der Waals surface area (Å²) < 4.78 is 16.1. The lowest BCUT2D eigenvalue weighted by Gasteiger charge is -2.19. The molecule has 0 unspecified atom stereocenters. The molecule has 0 aromatic heterocycles. The number of amides is 2. The summed E-state index contributed by atoms with van der Waals surface area (Å²) in [5.74, 6) is 0.253. The standard InChI is InChI=1S/C25H21ClN2O5/c1-31-17-10-12-21(33-3)19(14-17)28-24(29)22(15-7-5-4-6-8-15)23(25(28)30)27-18-13-16(26)9-11-20(18)32-2/h4-14,27H,1-3H3. The number of rotatable bonds is 7. The third-order valence-corrected chi connectivity index (χ3v) is 5.43. The second kappa shape index (κ2) is 9.26. The highest BCUT2D eigenvalue weighted by Crippen LogP contribution is 2.40. The number of carbonyl (C=O) groups excluding carboxylic acids is 2. The summed E-state index contributed by atoms with van der Waals surface area (Å²) in [5, 5.41) is 3.53. The highest BCUT2D eigenvalue weighted by molar-refractivity contribution is 6.46. The van der Waals surface area contributed by atoms with Crippen LogP contribution in [-0.4, -0.2) is 33.1 Å². The molecule has 1 heterocycles. The van der Waals surface area contributed by atoms with Crippen LogP contribution in [0.1, 0.15) is 5.56 Å². The van der Waals surface area contributed by atoms with Gasteiger partial charge in [0.05, 0.1) is 38.3 Å². The molecule has 0 fully saturated rings. The summed E-state index contributed by atoms with van der Waals surface area (Å²) in [7, 11) is 4.49. The molecule has 4 rings (SSSR count). The number of carbonyl (C=O) groups is 2.